The fourth-order valence-electron chi connectivity index (χ4n) is 1.17. The summed E-state index contributed by atoms with van der Waals surface area (Å²) in [7, 11) is 0. The maximum absolute atomic E-state index is 10.5. The molecule has 1 rings (SSSR count). The molecule has 0 spiro atoms. The Balaban J connectivity index is 2.85. The number of aliphatic carboxylic acids is 1. The summed E-state index contributed by atoms with van der Waals surface area (Å²) >= 11 is 0. The normalized spacial score (nSPS) is 16.5. The molecular weight excluding hydrogens is 216 g/mol. The van der Waals surface area contributed by atoms with E-state index >= 15 is 0 Å². The van der Waals surface area contributed by atoms with Gasteiger partial charge in [-0.25, -0.2) is 5.21 Å². The van der Waals surface area contributed by atoms with Gasteiger partial charge in [-0.2, -0.15) is 5.23 Å². The van der Waals surface area contributed by atoms with E-state index in [1.165, 1.54) is 24.3 Å². The molecule has 1 unspecified atom stereocenters. The van der Waals surface area contributed by atoms with Crippen molar-refractivity contribution in [3.63, 3.8) is 0 Å². The smallest absolute Gasteiger partial charge is 0.323 e. The van der Waals surface area contributed by atoms with Crippen LogP contribution in [-0.4, -0.2) is 27.4 Å². The van der Waals surface area contributed by atoms with E-state index < -0.39 is 23.3 Å². The topological polar surface area (TPSA) is 131 Å². The van der Waals surface area contributed by atoms with Gasteiger partial charge in [-0.05, 0) is 5.56 Å². The van der Waals surface area contributed by atoms with E-state index in [0.717, 1.165) is 0 Å². The summed E-state index contributed by atoms with van der Waals surface area (Å²) in [6, 6.07) is 3.77. The van der Waals surface area contributed by atoms with Gasteiger partial charge in [0.1, 0.15) is 12.1 Å². The number of aliphatic hydroxyl groups excluding tert-OH is 1. The number of carboxylic acid groups (broad SMARTS) is 1. The van der Waals surface area contributed by atoms with Gasteiger partial charge in [0.25, 0.3) is 0 Å². The lowest BCUT2D eigenvalue weighted by molar-refractivity contribution is -0.991. The van der Waals surface area contributed by atoms with Gasteiger partial charge in [-0.15, -0.1) is 0 Å². The number of carboxylic acids is 1. The van der Waals surface area contributed by atoms with Crippen LogP contribution in [0, 0.1) is 5.21 Å². The highest BCUT2D eigenvalue weighted by Gasteiger charge is 2.23. The SMILES string of the molecule is N[C@@H](C(=O)O)[C@@H](O)c1ccc([NH+]([O-])O)cc1. The van der Waals surface area contributed by atoms with Crippen LogP contribution in [0.15, 0.2) is 24.3 Å². The molecule has 7 nitrogen and oxygen atoms in total. The predicted octanol–water partition coefficient (Wildman–Crippen LogP) is -1.46. The number of rotatable bonds is 4. The molecule has 0 saturated heterocycles. The molecule has 1 aromatic carbocycles. The van der Waals surface area contributed by atoms with Crippen molar-refractivity contribution in [2.24, 2.45) is 5.73 Å². The standard InChI is InChI=1S/C9H12N2O5/c10-7(9(13)14)8(12)5-1-3-6(4-2-5)11(15)16/h1-4,7-8,11-12,15H,10H2,(H,13,14)/t7-,8+/m1/s1. The van der Waals surface area contributed by atoms with Crippen molar-refractivity contribution in [1.29, 1.82) is 0 Å². The Morgan fingerprint density at radius 1 is 1.38 bits per heavy atom. The first kappa shape index (κ1) is 12.6. The molecular formula is C9H12N2O5. The second-order valence-corrected chi connectivity index (χ2v) is 3.24. The van der Waals surface area contributed by atoms with Crippen LogP contribution in [0.1, 0.15) is 11.7 Å². The van der Waals surface area contributed by atoms with Crippen molar-refractivity contribution in [1.82, 2.24) is 0 Å². The maximum Gasteiger partial charge on any atom is 0.323 e. The summed E-state index contributed by atoms with van der Waals surface area (Å²) in [5, 5.41) is 36.2. The lowest BCUT2D eigenvalue weighted by atomic mass is 10.0. The largest absolute Gasteiger partial charge is 0.595 e. The molecule has 0 heterocycles. The van der Waals surface area contributed by atoms with E-state index in [9.17, 15) is 15.1 Å². The molecule has 0 fully saturated rings. The van der Waals surface area contributed by atoms with Gasteiger partial charge < -0.3 is 21.2 Å². The third kappa shape index (κ3) is 2.75. The lowest BCUT2D eigenvalue weighted by Gasteiger charge is -2.16. The Morgan fingerprint density at radius 2 is 1.88 bits per heavy atom. The van der Waals surface area contributed by atoms with Crippen molar-refractivity contribution in [2.75, 3.05) is 0 Å². The molecule has 0 aromatic heterocycles. The Hall–Kier alpha value is -1.51. The van der Waals surface area contributed by atoms with Gasteiger partial charge in [0, 0.05) is 12.1 Å². The van der Waals surface area contributed by atoms with Crippen LogP contribution < -0.4 is 11.0 Å². The molecule has 0 saturated carbocycles. The van der Waals surface area contributed by atoms with Crippen LogP contribution in [0.4, 0.5) is 5.69 Å². The third-order valence-electron chi connectivity index (χ3n) is 2.12. The zero-order valence-corrected chi connectivity index (χ0v) is 8.20. The number of carbonyl (C=O) groups is 1. The molecule has 16 heavy (non-hydrogen) atoms. The van der Waals surface area contributed by atoms with E-state index in [-0.39, 0.29) is 11.3 Å². The Labute approximate surface area is 90.9 Å². The minimum absolute atomic E-state index is 0.0554. The summed E-state index contributed by atoms with van der Waals surface area (Å²) < 4.78 is 0. The third-order valence-corrected chi connectivity index (χ3v) is 2.12. The van der Waals surface area contributed by atoms with Gasteiger partial charge in [0.15, 0.2) is 5.69 Å². The maximum atomic E-state index is 10.5. The zero-order chi connectivity index (χ0) is 12.3. The first-order valence-corrected chi connectivity index (χ1v) is 4.43. The summed E-state index contributed by atoms with van der Waals surface area (Å²) in [6.45, 7) is 0. The number of nitrogens with one attached hydrogen (secondary N) is 1. The molecule has 0 radical (unpaired) electrons. The Kier molecular flexibility index (Phi) is 3.93. The molecule has 3 atom stereocenters. The van der Waals surface area contributed by atoms with Crippen LogP contribution >= 0.6 is 0 Å². The molecule has 0 aliphatic heterocycles. The summed E-state index contributed by atoms with van der Waals surface area (Å²) in [5.74, 6) is -1.32. The van der Waals surface area contributed by atoms with Crippen molar-refractivity contribution < 1.29 is 25.4 Å². The van der Waals surface area contributed by atoms with E-state index in [1.807, 2.05) is 0 Å². The van der Waals surface area contributed by atoms with Gasteiger partial charge in [-0.1, -0.05) is 12.1 Å². The van der Waals surface area contributed by atoms with Gasteiger partial charge in [-0.3, -0.25) is 4.79 Å². The highest BCUT2D eigenvalue weighted by Crippen LogP contribution is 2.17. The highest BCUT2D eigenvalue weighted by molar-refractivity contribution is 5.74. The molecule has 0 aliphatic rings. The first-order chi connectivity index (χ1) is 7.43. The summed E-state index contributed by atoms with van der Waals surface area (Å²) in [5.41, 5.74) is 5.54. The number of aliphatic hydroxyl groups is 1. The number of hydrogen-bond donors (Lipinski definition) is 5. The minimum Gasteiger partial charge on any atom is -0.595 e. The second kappa shape index (κ2) is 5.01. The van der Waals surface area contributed by atoms with Crippen molar-refractivity contribution >= 4 is 11.7 Å². The quantitative estimate of drug-likeness (QED) is 0.400. The predicted molar refractivity (Wildman–Crippen MR) is 52.8 cm³/mol. The number of quaternary nitrogens is 1. The molecule has 7 heteroatoms. The van der Waals surface area contributed by atoms with Gasteiger partial charge >= 0.3 is 5.97 Å². The monoisotopic (exact) mass is 228 g/mol. The zero-order valence-electron chi connectivity index (χ0n) is 8.20. The van der Waals surface area contributed by atoms with Gasteiger partial charge in [0.05, 0.1) is 0 Å². The van der Waals surface area contributed by atoms with E-state index in [1.54, 1.807) is 0 Å². The minimum atomic E-state index is -1.43. The lowest BCUT2D eigenvalue weighted by Crippen LogP contribution is -2.99. The van der Waals surface area contributed by atoms with E-state index in [4.69, 9.17) is 16.0 Å². The Morgan fingerprint density at radius 3 is 2.25 bits per heavy atom. The van der Waals surface area contributed by atoms with E-state index in [2.05, 4.69) is 0 Å². The van der Waals surface area contributed by atoms with Crippen molar-refractivity contribution in [2.45, 2.75) is 12.1 Å². The summed E-state index contributed by atoms with van der Waals surface area (Å²) in [6.07, 6.45) is -1.36. The fraction of sp³-hybridized carbons (Fsp3) is 0.222. The van der Waals surface area contributed by atoms with Crippen LogP contribution in [0.25, 0.3) is 0 Å². The van der Waals surface area contributed by atoms with Crippen molar-refractivity contribution in [3.05, 3.63) is 35.0 Å². The first-order valence-electron chi connectivity index (χ1n) is 4.43. The molecule has 0 aliphatic carbocycles. The Bertz CT molecular complexity index is 365. The number of benzene rings is 1. The molecule has 1 aromatic rings. The molecule has 88 valence electrons. The second-order valence-electron chi connectivity index (χ2n) is 3.24. The van der Waals surface area contributed by atoms with Crippen LogP contribution in [-0.2, 0) is 4.79 Å². The summed E-state index contributed by atoms with van der Waals surface area (Å²) in [4.78, 5) is 10.5. The van der Waals surface area contributed by atoms with Crippen LogP contribution in [0.3, 0.4) is 0 Å². The highest BCUT2D eigenvalue weighted by atomic mass is 16.8. The average Bonchev–Trinajstić information content (AvgIpc) is 2.27. The van der Waals surface area contributed by atoms with Gasteiger partial charge in [0.2, 0.25) is 0 Å². The van der Waals surface area contributed by atoms with Crippen LogP contribution in [0.5, 0.6) is 0 Å². The molecule has 6 N–H and O–H groups in total. The van der Waals surface area contributed by atoms with E-state index in [0.29, 0.717) is 0 Å². The van der Waals surface area contributed by atoms with Crippen molar-refractivity contribution in [3.8, 4) is 0 Å². The molecule has 0 amide bonds. The fourth-order valence-corrected chi connectivity index (χ4v) is 1.17. The average molecular weight is 228 g/mol. The number of nitrogens with two attached hydrogens (primary N) is 1. The number of hydrogen-bond acceptors (Lipinski definition) is 5. The van der Waals surface area contributed by atoms with Crippen LogP contribution in [0.2, 0.25) is 0 Å². The molecule has 0 bridgehead atoms.